The minimum Gasteiger partial charge on any atom is -0.368 e. The van der Waals surface area contributed by atoms with Gasteiger partial charge in [-0.25, -0.2) is 0 Å². The average Bonchev–Trinajstić information content (AvgIpc) is 3.11. The molecule has 0 aliphatic heterocycles. The van der Waals surface area contributed by atoms with Crippen molar-refractivity contribution in [1.29, 1.82) is 0 Å². The van der Waals surface area contributed by atoms with Crippen LogP contribution in [0.15, 0.2) is 0 Å². The molecule has 0 saturated heterocycles. The van der Waals surface area contributed by atoms with Gasteiger partial charge >= 0.3 is 0 Å². The van der Waals surface area contributed by atoms with E-state index in [2.05, 4.69) is 12.2 Å². The number of hydrogen-bond acceptors (Lipinski definition) is 3. The van der Waals surface area contributed by atoms with Gasteiger partial charge in [-0.05, 0) is 37.5 Å². The second kappa shape index (κ2) is 7.27. The molecule has 1 fully saturated rings. The van der Waals surface area contributed by atoms with Gasteiger partial charge < -0.3 is 11.1 Å². The number of amides is 1. The first-order valence-electron chi connectivity index (χ1n) is 6.80. The molecule has 1 saturated carbocycles. The van der Waals surface area contributed by atoms with Crippen LogP contribution in [0.4, 0.5) is 0 Å². The second-order valence-electron chi connectivity index (χ2n) is 4.90. The standard InChI is InChI=1S/C13H26N2OS/c1-3-5-6-9-17-10-13(12(14)16,15-4-2)11-7-8-11/h11,15H,3-10H2,1-2H3,(H2,14,16). The number of nitrogens with one attached hydrogen (secondary N) is 1. The second-order valence-corrected chi connectivity index (χ2v) is 6.01. The fourth-order valence-corrected chi connectivity index (χ4v) is 3.61. The summed E-state index contributed by atoms with van der Waals surface area (Å²) in [6.45, 7) is 5.07. The highest BCUT2D eigenvalue weighted by molar-refractivity contribution is 7.99. The van der Waals surface area contributed by atoms with E-state index < -0.39 is 5.54 Å². The van der Waals surface area contributed by atoms with Crippen LogP contribution < -0.4 is 11.1 Å². The fourth-order valence-electron chi connectivity index (χ4n) is 2.25. The van der Waals surface area contributed by atoms with Gasteiger partial charge in [0.15, 0.2) is 0 Å². The van der Waals surface area contributed by atoms with E-state index in [9.17, 15) is 4.79 Å². The van der Waals surface area contributed by atoms with Crippen LogP contribution in [0.2, 0.25) is 0 Å². The van der Waals surface area contributed by atoms with E-state index in [0.717, 1.165) is 30.9 Å². The number of hydrogen-bond donors (Lipinski definition) is 2. The number of carbonyl (C=O) groups is 1. The number of thioether (sulfide) groups is 1. The van der Waals surface area contributed by atoms with Gasteiger partial charge in [0.05, 0.1) is 0 Å². The smallest absolute Gasteiger partial charge is 0.238 e. The molecule has 4 heteroatoms. The van der Waals surface area contributed by atoms with Gasteiger partial charge in [0.2, 0.25) is 5.91 Å². The maximum atomic E-state index is 11.8. The van der Waals surface area contributed by atoms with E-state index in [-0.39, 0.29) is 5.91 Å². The fraction of sp³-hybridized carbons (Fsp3) is 0.923. The van der Waals surface area contributed by atoms with Gasteiger partial charge in [0, 0.05) is 5.75 Å². The average molecular weight is 258 g/mol. The van der Waals surface area contributed by atoms with Crippen molar-refractivity contribution in [2.45, 2.75) is 51.5 Å². The third-order valence-corrected chi connectivity index (χ3v) is 4.66. The highest BCUT2D eigenvalue weighted by Gasteiger charge is 2.48. The molecule has 1 amide bonds. The summed E-state index contributed by atoms with van der Waals surface area (Å²) in [5.41, 5.74) is 5.19. The molecule has 0 heterocycles. The number of likely N-dealkylation sites (N-methyl/N-ethyl adjacent to an activating group) is 1. The summed E-state index contributed by atoms with van der Waals surface area (Å²) in [5.74, 6) is 2.29. The first-order valence-corrected chi connectivity index (χ1v) is 7.95. The van der Waals surface area contributed by atoms with Crippen molar-refractivity contribution in [2.24, 2.45) is 11.7 Å². The Balaban J connectivity index is 2.42. The molecule has 0 radical (unpaired) electrons. The van der Waals surface area contributed by atoms with E-state index >= 15 is 0 Å². The Morgan fingerprint density at radius 2 is 2.12 bits per heavy atom. The van der Waals surface area contributed by atoms with Gasteiger partial charge in [0.25, 0.3) is 0 Å². The Labute approximate surface area is 109 Å². The molecule has 17 heavy (non-hydrogen) atoms. The maximum Gasteiger partial charge on any atom is 0.238 e. The third kappa shape index (κ3) is 4.18. The summed E-state index contributed by atoms with van der Waals surface area (Å²) in [6.07, 6.45) is 6.06. The Bertz CT molecular complexity index is 244. The molecule has 100 valence electrons. The molecular formula is C13H26N2OS. The highest BCUT2D eigenvalue weighted by Crippen LogP contribution is 2.41. The van der Waals surface area contributed by atoms with E-state index in [1.807, 2.05) is 18.7 Å². The molecule has 0 bridgehead atoms. The molecule has 0 aromatic rings. The molecule has 1 rings (SSSR count). The number of nitrogens with two attached hydrogens (primary N) is 1. The molecule has 3 N–H and O–H groups in total. The monoisotopic (exact) mass is 258 g/mol. The Hall–Kier alpha value is -0.220. The molecule has 1 aliphatic rings. The molecule has 1 unspecified atom stereocenters. The minimum absolute atomic E-state index is 0.162. The number of primary amides is 1. The summed E-state index contributed by atoms with van der Waals surface area (Å²) in [6, 6.07) is 0. The van der Waals surface area contributed by atoms with E-state index in [1.54, 1.807) is 0 Å². The van der Waals surface area contributed by atoms with E-state index in [0.29, 0.717) is 5.92 Å². The first kappa shape index (κ1) is 14.8. The van der Waals surface area contributed by atoms with Crippen LogP contribution in [0.25, 0.3) is 0 Å². The van der Waals surface area contributed by atoms with Gasteiger partial charge in [-0.1, -0.05) is 26.7 Å². The lowest BCUT2D eigenvalue weighted by molar-refractivity contribution is -0.124. The Morgan fingerprint density at radius 3 is 2.59 bits per heavy atom. The summed E-state index contributed by atoms with van der Waals surface area (Å²) in [7, 11) is 0. The Morgan fingerprint density at radius 1 is 1.41 bits per heavy atom. The summed E-state index contributed by atoms with van der Waals surface area (Å²) in [5, 5.41) is 3.35. The van der Waals surface area contributed by atoms with Crippen LogP contribution in [-0.4, -0.2) is 29.5 Å². The molecule has 3 nitrogen and oxygen atoms in total. The molecule has 1 aliphatic carbocycles. The van der Waals surface area contributed by atoms with Gasteiger partial charge in [-0.3, -0.25) is 4.79 Å². The summed E-state index contributed by atoms with van der Waals surface area (Å²) >= 11 is 1.87. The minimum atomic E-state index is -0.439. The van der Waals surface area contributed by atoms with Gasteiger partial charge in [-0.15, -0.1) is 0 Å². The topological polar surface area (TPSA) is 55.1 Å². The van der Waals surface area contributed by atoms with Crippen LogP contribution in [0.1, 0.15) is 46.0 Å². The predicted octanol–water partition coefficient (Wildman–Crippen LogP) is 2.15. The SMILES string of the molecule is CCCCCSCC(NCC)(C(N)=O)C1CC1. The Kier molecular flexibility index (Phi) is 6.34. The molecule has 1 atom stereocenters. The van der Waals surface area contributed by atoms with Crippen molar-refractivity contribution >= 4 is 17.7 Å². The predicted molar refractivity (Wildman–Crippen MR) is 75.2 cm³/mol. The number of unbranched alkanes of at least 4 members (excludes halogenated alkanes) is 2. The van der Waals surface area contributed by atoms with Crippen LogP contribution in [0.3, 0.4) is 0 Å². The van der Waals surface area contributed by atoms with Crippen molar-refractivity contribution in [3.8, 4) is 0 Å². The summed E-state index contributed by atoms with van der Waals surface area (Å²) in [4.78, 5) is 11.8. The van der Waals surface area contributed by atoms with Gasteiger partial charge in [0.1, 0.15) is 5.54 Å². The zero-order valence-corrected chi connectivity index (χ0v) is 11.9. The quantitative estimate of drug-likeness (QED) is 0.590. The normalized spacial score (nSPS) is 18.9. The van der Waals surface area contributed by atoms with Crippen molar-refractivity contribution in [3.05, 3.63) is 0 Å². The van der Waals surface area contributed by atoms with Crippen molar-refractivity contribution in [3.63, 3.8) is 0 Å². The largest absolute Gasteiger partial charge is 0.368 e. The number of carbonyl (C=O) groups excluding carboxylic acids is 1. The lowest BCUT2D eigenvalue weighted by atomic mass is 9.94. The highest BCUT2D eigenvalue weighted by atomic mass is 32.2. The van der Waals surface area contributed by atoms with Crippen LogP contribution in [-0.2, 0) is 4.79 Å². The molecular weight excluding hydrogens is 232 g/mol. The third-order valence-electron chi connectivity index (χ3n) is 3.43. The number of rotatable bonds is 10. The van der Waals surface area contributed by atoms with Crippen LogP contribution in [0.5, 0.6) is 0 Å². The molecule has 0 spiro atoms. The molecule has 0 aromatic heterocycles. The van der Waals surface area contributed by atoms with Crippen LogP contribution >= 0.6 is 11.8 Å². The summed E-state index contributed by atoms with van der Waals surface area (Å²) < 4.78 is 0. The van der Waals surface area contributed by atoms with Crippen LogP contribution in [0, 0.1) is 5.92 Å². The van der Waals surface area contributed by atoms with Crippen molar-refractivity contribution in [1.82, 2.24) is 5.32 Å². The van der Waals surface area contributed by atoms with Gasteiger partial charge in [-0.2, -0.15) is 11.8 Å². The lowest BCUT2D eigenvalue weighted by Crippen LogP contribution is -2.59. The zero-order valence-electron chi connectivity index (χ0n) is 11.1. The van der Waals surface area contributed by atoms with Crippen molar-refractivity contribution in [2.75, 3.05) is 18.1 Å². The van der Waals surface area contributed by atoms with Crippen molar-refractivity contribution < 1.29 is 4.79 Å². The zero-order chi connectivity index (χ0) is 12.7. The molecule has 0 aromatic carbocycles. The first-order chi connectivity index (χ1) is 8.17. The van der Waals surface area contributed by atoms with E-state index in [1.165, 1.54) is 19.3 Å². The maximum absolute atomic E-state index is 11.8. The lowest BCUT2D eigenvalue weighted by Gasteiger charge is -2.31. The van der Waals surface area contributed by atoms with E-state index in [4.69, 9.17) is 5.73 Å².